The lowest BCUT2D eigenvalue weighted by atomic mass is 10.0. The van der Waals surface area contributed by atoms with Crippen molar-refractivity contribution >= 4 is 62.2 Å². The van der Waals surface area contributed by atoms with Crippen molar-refractivity contribution in [1.29, 1.82) is 0 Å². The third kappa shape index (κ3) is 7.03. The number of unbranched alkanes of at least 4 members (excludes halogenated alkanes) is 2. The van der Waals surface area contributed by atoms with Gasteiger partial charge in [0, 0.05) is 77.0 Å². The van der Waals surface area contributed by atoms with Crippen molar-refractivity contribution in [2.45, 2.75) is 126 Å². The van der Waals surface area contributed by atoms with Gasteiger partial charge in [-0.2, -0.15) is 4.98 Å². The van der Waals surface area contributed by atoms with Crippen LogP contribution in [0.1, 0.15) is 108 Å². The molecule has 4 unspecified atom stereocenters. The molecule has 322 valence electrons. The quantitative estimate of drug-likeness (QED) is 0.149. The Labute approximate surface area is 351 Å². The van der Waals surface area contributed by atoms with E-state index in [4.69, 9.17) is 4.98 Å². The highest BCUT2D eigenvalue weighted by Gasteiger charge is 2.62. The number of aromatic nitrogens is 4. The summed E-state index contributed by atoms with van der Waals surface area (Å²) in [5.74, 6) is 5.49. The van der Waals surface area contributed by atoms with Crippen LogP contribution in [0.15, 0.2) is 29.2 Å². The number of carbonyl (C=O) groups excluding carboxylic acids is 4. The number of para-hydroxylation sites is 1. The van der Waals surface area contributed by atoms with Crippen LogP contribution in [0, 0.1) is 5.92 Å². The summed E-state index contributed by atoms with van der Waals surface area (Å²) in [5.41, 5.74) is 2.78. The van der Waals surface area contributed by atoms with Crippen LogP contribution in [-0.4, -0.2) is 118 Å². The number of hydrogen-bond donors (Lipinski definition) is 2. The topological polar surface area (TPSA) is 175 Å². The van der Waals surface area contributed by atoms with Crippen LogP contribution >= 0.6 is 0 Å². The van der Waals surface area contributed by atoms with E-state index in [9.17, 15) is 28.2 Å². The maximum absolute atomic E-state index is 14.0. The van der Waals surface area contributed by atoms with Crippen LogP contribution in [0.25, 0.3) is 11.0 Å². The molecule has 9 rings (SSSR count). The predicted molar refractivity (Wildman–Crippen MR) is 230 cm³/mol. The number of nitrogens with zero attached hydrogens (tertiary/aromatic N) is 8. The van der Waals surface area contributed by atoms with E-state index in [-0.39, 0.29) is 48.0 Å². The average molecular weight is 843 g/mol. The van der Waals surface area contributed by atoms with Gasteiger partial charge in [0.05, 0.1) is 32.4 Å². The van der Waals surface area contributed by atoms with Crippen LogP contribution in [0.5, 0.6) is 0 Å². The fourth-order valence-electron chi connectivity index (χ4n) is 10.5. The lowest BCUT2D eigenvalue weighted by Gasteiger charge is -2.48. The van der Waals surface area contributed by atoms with E-state index in [2.05, 4.69) is 28.4 Å². The number of fused-ring (bicyclic) bond motifs is 3. The first-order valence-corrected chi connectivity index (χ1v) is 23.6. The number of imide groups is 1. The summed E-state index contributed by atoms with van der Waals surface area (Å²) >= 11 is 0. The van der Waals surface area contributed by atoms with Gasteiger partial charge in [0.2, 0.25) is 29.6 Å². The maximum Gasteiger partial charge on any atom is 0.329 e. The predicted octanol–water partition coefficient (Wildman–Crippen LogP) is 3.04. The first kappa shape index (κ1) is 40.8. The first-order valence-electron chi connectivity index (χ1n) is 21.9. The third-order valence-corrected chi connectivity index (χ3v) is 16.7. The van der Waals surface area contributed by atoms with E-state index in [0.29, 0.717) is 56.4 Å². The summed E-state index contributed by atoms with van der Waals surface area (Å²) in [6, 6.07) is 5.31. The largest absolute Gasteiger partial charge is 0.351 e. The van der Waals surface area contributed by atoms with Crippen LogP contribution in [0.2, 0.25) is 0 Å². The Balaban J connectivity index is 0.719. The van der Waals surface area contributed by atoms with E-state index >= 15 is 0 Å². The van der Waals surface area contributed by atoms with Crippen molar-refractivity contribution in [2.75, 3.05) is 43.4 Å². The summed E-state index contributed by atoms with van der Waals surface area (Å²) in [7, 11) is 0.872. The molecule has 2 saturated carbocycles. The van der Waals surface area contributed by atoms with E-state index in [1.807, 2.05) is 45.0 Å². The van der Waals surface area contributed by atoms with Crippen LogP contribution in [-0.2, 0) is 48.0 Å². The van der Waals surface area contributed by atoms with Crippen molar-refractivity contribution in [3.8, 4) is 0 Å². The molecule has 17 heteroatoms. The molecule has 60 heavy (non-hydrogen) atoms. The molecule has 2 N–H and O–H groups in total. The van der Waals surface area contributed by atoms with Gasteiger partial charge >= 0.3 is 5.69 Å². The Bertz CT molecular complexity index is 2390. The molecule has 3 saturated heterocycles. The van der Waals surface area contributed by atoms with Crippen molar-refractivity contribution in [1.82, 2.24) is 37.9 Å². The average Bonchev–Trinajstić information content (AvgIpc) is 3.77. The second-order valence-corrected chi connectivity index (χ2v) is 20.4. The summed E-state index contributed by atoms with van der Waals surface area (Å²) in [5, 5.41) is 5.88. The normalized spacial score (nSPS) is 25.7. The molecule has 2 aromatic heterocycles. The molecule has 0 radical (unpaired) electrons. The van der Waals surface area contributed by atoms with E-state index in [1.54, 1.807) is 16.5 Å². The molecule has 1 aromatic carbocycles. The zero-order chi connectivity index (χ0) is 42.1. The van der Waals surface area contributed by atoms with E-state index in [1.165, 1.54) is 4.57 Å². The van der Waals surface area contributed by atoms with Gasteiger partial charge in [-0.3, -0.25) is 38.5 Å². The molecular formula is C43H58N10O6S. The van der Waals surface area contributed by atoms with Gasteiger partial charge < -0.3 is 10.2 Å². The Morgan fingerprint density at radius 2 is 1.80 bits per heavy atom. The number of imidazole rings is 1. The smallest absolute Gasteiger partial charge is 0.329 e. The number of hydrogen-bond acceptors (Lipinski definition) is 9. The number of anilines is 2. The number of rotatable bonds is 13. The SMILES string of the molecule is C=S(=O)(N1CCC(Nc2ncc3c(n2)N(C2CCCC2C)C(=O)C32CC2)CC1)N1CC(N(C)C(=O)CCCCCc2cccc3c2n(C)c(=O)n3C2CCC(=O)NC2=O)C1. The van der Waals surface area contributed by atoms with Gasteiger partial charge in [-0.15, -0.1) is 0 Å². The number of amides is 4. The summed E-state index contributed by atoms with van der Waals surface area (Å²) in [6.45, 7) is 4.51. The van der Waals surface area contributed by atoms with Crippen molar-refractivity contribution in [3.63, 3.8) is 0 Å². The Kier molecular flexibility index (Phi) is 10.7. The van der Waals surface area contributed by atoms with Gasteiger partial charge in [-0.05, 0) is 87.6 Å². The highest BCUT2D eigenvalue weighted by Crippen LogP contribution is 2.58. The van der Waals surface area contributed by atoms with Gasteiger partial charge in [0.1, 0.15) is 11.9 Å². The number of benzene rings is 1. The minimum Gasteiger partial charge on any atom is -0.351 e. The molecule has 1 spiro atoms. The first-order chi connectivity index (χ1) is 28.8. The minimum absolute atomic E-state index is 0.0167. The Morgan fingerprint density at radius 1 is 1.03 bits per heavy atom. The highest BCUT2D eigenvalue weighted by atomic mass is 32.2. The summed E-state index contributed by atoms with van der Waals surface area (Å²) in [6.07, 6.45) is 12.5. The van der Waals surface area contributed by atoms with Gasteiger partial charge in [-0.1, -0.05) is 31.9 Å². The summed E-state index contributed by atoms with van der Waals surface area (Å²) < 4.78 is 21.0. The zero-order valence-electron chi connectivity index (χ0n) is 35.1. The van der Waals surface area contributed by atoms with Gasteiger partial charge in [0.15, 0.2) is 0 Å². The van der Waals surface area contributed by atoms with Crippen LogP contribution < -0.4 is 21.2 Å². The standard InChI is InChI=1S/C43H58N10O6S/c1-27-10-8-13-32(27)53-38-31(43(20-21-43)40(53)57)24-44-41(47-38)45-29-18-22-50(23-19-29)60(4,59)51-25-30(26-51)48(2)36(55)15-7-5-6-11-28-12-9-14-33-37(28)49(3)42(58)52(33)34-16-17-35(54)46-39(34)56/h9,12,14,24,27,29-30,32,34H,4-8,10-11,13,15-23,25-26H2,1-3H3,(H,44,45,47)(H,46,54,56). The van der Waals surface area contributed by atoms with Crippen molar-refractivity contribution in [3.05, 3.63) is 46.0 Å². The van der Waals surface area contributed by atoms with Gasteiger partial charge in [-0.25, -0.2) is 22.6 Å². The molecule has 0 bridgehead atoms. The Morgan fingerprint density at radius 3 is 2.50 bits per heavy atom. The molecule has 4 amide bonds. The molecule has 6 heterocycles. The van der Waals surface area contributed by atoms with Crippen LogP contribution in [0.3, 0.4) is 0 Å². The van der Waals surface area contributed by atoms with Gasteiger partial charge in [0.25, 0.3) is 0 Å². The fraction of sp³-hybridized carbons (Fsp3) is 0.628. The molecule has 16 nitrogen and oxygen atoms in total. The number of likely N-dealkylation sites (N-methyl/N-ethyl adjacent to an activating group) is 1. The molecule has 4 aliphatic heterocycles. The lowest BCUT2D eigenvalue weighted by molar-refractivity contribution is -0.136. The lowest BCUT2D eigenvalue weighted by Crippen LogP contribution is -2.64. The number of carbonyl (C=O) groups is 4. The maximum atomic E-state index is 14.0. The molecule has 4 atom stereocenters. The Hall–Kier alpha value is -4.61. The molecule has 6 aliphatic rings. The number of nitrogens with one attached hydrogen (secondary N) is 2. The van der Waals surface area contributed by atoms with E-state index < -0.39 is 27.3 Å². The fourth-order valence-corrected chi connectivity index (χ4v) is 12.4. The molecule has 5 fully saturated rings. The second-order valence-electron chi connectivity index (χ2n) is 18.1. The molecular weight excluding hydrogens is 785 g/mol. The third-order valence-electron chi connectivity index (χ3n) is 14.4. The number of aryl methyl sites for hydroxylation is 2. The monoisotopic (exact) mass is 842 g/mol. The van der Waals surface area contributed by atoms with Crippen molar-refractivity contribution < 1.29 is 23.4 Å². The zero-order valence-corrected chi connectivity index (χ0v) is 35.9. The minimum atomic E-state index is -2.67. The molecule has 2 aliphatic carbocycles. The van der Waals surface area contributed by atoms with E-state index in [0.717, 1.165) is 93.1 Å². The summed E-state index contributed by atoms with van der Waals surface area (Å²) in [4.78, 5) is 77.8. The number of piperidine rings is 2. The van der Waals surface area contributed by atoms with Crippen LogP contribution in [0.4, 0.5) is 11.8 Å². The highest BCUT2D eigenvalue weighted by molar-refractivity contribution is 7.96. The van der Waals surface area contributed by atoms with Crippen molar-refractivity contribution in [2.24, 2.45) is 13.0 Å². The second kappa shape index (κ2) is 15.7. The molecule has 3 aromatic rings.